The number of hydrogen-bond donors (Lipinski definition) is 1. The Morgan fingerprint density at radius 1 is 1.25 bits per heavy atom. The van der Waals surface area contributed by atoms with Gasteiger partial charge in [0.05, 0.1) is 18.5 Å². The Labute approximate surface area is 167 Å². The smallest absolute Gasteiger partial charge is 0.265 e. The van der Waals surface area contributed by atoms with Gasteiger partial charge >= 0.3 is 0 Å². The van der Waals surface area contributed by atoms with Gasteiger partial charge in [0.15, 0.2) is 12.4 Å². The summed E-state index contributed by atoms with van der Waals surface area (Å²) in [4.78, 5) is 38.4. The monoisotopic (exact) mass is 402 g/mol. The number of carbonyl (C=O) groups is 3. The summed E-state index contributed by atoms with van der Waals surface area (Å²) in [6.45, 7) is 2.84. The quantitative estimate of drug-likeness (QED) is 0.775. The second kappa shape index (κ2) is 7.90. The molecule has 146 valence electrons. The minimum Gasteiger partial charge on any atom is -0.495 e. The van der Waals surface area contributed by atoms with Crippen LogP contribution in [0.2, 0.25) is 5.02 Å². The highest BCUT2D eigenvalue weighted by molar-refractivity contribution is 6.31. The molecular formula is C20H19ClN2O5. The van der Waals surface area contributed by atoms with Crippen LogP contribution in [0.15, 0.2) is 36.4 Å². The van der Waals surface area contributed by atoms with E-state index >= 15 is 0 Å². The first-order valence-electron chi connectivity index (χ1n) is 8.56. The molecule has 0 bridgehead atoms. The minimum atomic E-state index is -0.860. The van der Waals surface area contributed by atoms with Crippen molar-refractivity contribution in [2.24, 2.45) is 0 Å². The predicted octanol–water partition coefficient (Wildman–Crippen LogP) is 3.30. The molecule has 2 amide bonds. The van der Waals surface area contributed by atoms with Gasteiger partial charge in [-0.15, -0.1) is 0 Å². The number of Topliss-reactive ketones (excluding diaryl/α,β-unsaturated/α-hetero) is 1. The lowest BCUT2D eigenvalue weighted by Gasteiger charge is -2.33. The number of benzene rings is 2. The fourth-order valence-corrected chi connectivity index (χ4v) is 3.12. The van der Waals surface area contributed by atoms with E-state index < -0.39 is 11.9 Å². The number of fused-ring (bicyclic) bond motifs is 1. The number of hydrogen-bond acceptors (Lipinski definition) is 5. The molecule has 0 radical (unpaired) electrons. The van der Waals surface area contributed by atoms with E-state index in [1.165, 1.54) is 18.9 Å². The first kappa shape index (κ1) is 19.7. The zero-order valence-electron chi connectivity index (χ0n) is 15.6. The normalized spacial score (nSPS) is 14.0. The number of carbonyl (C=O) groups excluding carboxylic acids is 3. The number of methoxy groups -OCH3 is 1. The van der Waals surface area contributed by atoms with Crippen molar-refractivity contribution >= 4 is 40.6 Å². The van der Waals surface area contributed by atoms with Crippen LogP contribution in [0, 0.1) is 0 Å². The highest BCUT2D eigenvalue weighted by atomic mass is 35.5. The molecule has 7 nitrogen and oxygen atoms in total. The molecule has 0 spiro atoms. The van der Waals surface area contributed by atoms with Crippen LogP contribution in [-0.4, -0.2) is 37.4 Å². The van der Waals surface area contributed by atoms with Crippen LogP contribution in [0.4, 0.5) is 11.4 Å². The SMILES string of the molecule is COc1ccc(Cl)cc1NC(=O)C(C)N1C(=O)COc2ccc(C(C)=O)cc21. The highest BCUT2D eigenvalue weighted by Crippen LogP contribution is 2.35. The van der Waals surface area contributed by atoms with Crippen LogP contribution in [0.25, 0.3) is 0 Å². The maximum Gasteiger partial charge on any atom is 0.265 e. The number of halogens is 1. The third kappa shape index (κ3) is 3.80. The topological polar surface area (TPSA) is 84.9 Å². The first-order chi connectivity index (χ1) is 13.3. The summed E-state index contributed by atoms with van der Waals surface area (Å²) in [7, 11) is 1.48. The van der Waals surface area contributed by atoms with Crippen LogP contribution in [-0.2, 0) is 9.59 Å². The van der Waals surface area contributed by atoms with Crippen molar-refractivity contribution < 1.29 is 23.9 Å². The van der Waals surface area contributed by atoms with E-state index in [2.05, 4.69) is 5.32 Å². The number of amides is 2. The van der Waals surface area contributed by atoms with Crippen molar-refractivity contribution in [3.8, 4) is 11.5 Å². The second-order valence-electron chi connectivity index (χ2n) is 6.30. The number of ether oxygens (including phenoxy) is 2. The lowest BCUT2D eigenvalue weighted by atomic mass is 10.1. The maximum absolute atomic E-state index is 12.9. The van der Waals surface area contributed by atoms with Crippen LogP contribution in [0.1, 0.15) is 24.2 Å². The molecule has 1 aliphatic heterocycles. The lowest BCUT2D eigenvalue weighted by molar-refractivity contribution is -0.125. The highest BCUT2D eigenvalue weighted by Gasteiger charge is 2.33. The van der Waals surface area contributed by atoms with Gasteiger partial charge in [-0.05, 0) is 50.2 Å². The molecule has 2 aromatic carbocycles. The Hall–Kier alpha value is -3.06. The van der Waals surface area contributed by atoms with Crippen molar-refractivity contribution in [1.29, 1.82) is 0 Å². The van der Waals surface area contributed by atoms with Gasteiger partial charge in [0, 0.05) is 10.6 Å². The zero-order chi connectivity index (χ0) is 20.4. The van der Waals surface area contributed by atoms with E-state index in [1.807, 2.05) is 0 Å². The number of nitrogens with one attached hydrogen (secondary N) is 1. The summed E-state index contributed by atoms with van der Waals surface area (Å²) in [6.07, 6.45) is 0. The molecule has 1 atom stereocenters. The molecule has 0 fully saturated rings. The van der Waals surface area contributed by atoms with E-state index in [4.69, 9.17) is 21.1 Å². The molecule has 1 heterocycles. The lowest BCUT2D eigenvalue weighted by Crippen LogP contribution is -2.49. The van der Waals surface area contributed by atoms with Crippen molar-refractivity contribution in [1.82, 2.24) is 0 Å². The van der Waals surface area contributed by atoms with Crippen molar-refractivity contribution in [3.05, 3.63) is 47.0 Å². The second-order valence-corrected chi connectivity index (χ2v) is 6.74. The van der Waals surface area contributed by atoms with Gasteiger partial charge in [-0.2, -0.15) is 0 Å². The Bertz CT molecular complexity index is 960. The molecule has 0 saturated heterocycles. The number of nitrogens with zero attached hydrogens (tertiary/aromatic N) is 1. The standard InChI is InChI=1S/C20H19ClN2O5/c1-11(20(26)22-15-9-14(21)5-7-17(15)27-3)23-16-8-13(12(2)24)4-6-18(16)28-10-19(23)25/h4-9,11H,10H2,1-3H3,(H,22,26). The maximum atomic E-state index is 12.9. The van der Waals surface area contributed by atoms with Crippen LogP contribution >= 0.6 is 11.6 Å². The molecule has 2 aromatic rings. The van der Waals surface area contributed by atoms with Gasteiger partial charge in [-0.25, -0.2) is 0 Å². The Kier molecular flexibility index (Phi) is 5.56. The largest absolute Gasteiger partial charge is 0.495 e. The van der Waals surface area contributed by atoms with Gasteiger partial charge in [0.1, 0.15) is 17.5 Å². The first-order valence-corrected chi connectivity index (χ1v) is 8.94. The summed E-state index contributed by atoms with van der Waals surface area (Å²) < 4.78 is 10.7. The molecule has 1 N–H and O–H groups in total. The molecule has 1 unspecified atom stereocenters. The fraction of sp³-hybridized carbons (Fsp3) is 0.250. The number of anilines is 2. The van der Waals surface area contributed by atoms with Crippen LogP contribution in [0.3, 0.4) is 0 Å². The van der Waals surface area contributed by atoms with E-state index in [0.29, 0.717) is 33.5 Å². The van der Waals surface area contributed by atoms with Gasteiger partial charge in [-0.3, -0.25) is 19.3 Å². The molecule has 28 heavy (non-hydrogen) atoms. The number of rotatable bonds is 5. The summed E-state index contributed by atoms with van der Waals surface area (Å²) in [5.41, 5.74) is 1.20. The van der Waals surface area contributed by atoms with Crippen LogP contribution in [0.5, 0.6) is 11.5 Å². The summed E-state index contributed by atoms with van der Waals surface area (Å²) in [5, 5.41) is 3.17. The summed E-state index contributed by atoms with van der Waals surface area (Å²) >= 11 is 6.00. The average Bonchev–Trinajstić information content (AvgIpc) is 2.67. The summed E-state index contributed by atoms with van der Waals surface area (Å²) in [5.74, 6) is -0.0902. The molecule has 0 saturated carbocycles. The Morgan fingerprint density at radius 3 is 2.68 bits per heavy atom. The molecule has 0 aromatic heterocycles. The third-order valence-corrected chi connectivity index (χ3v) is 4.67. The van der Waals surface area contributed by atoms with E-state index in [-0.39, 0.29) is 18.3 Å². The molecule has 0 aliphatic carbocycles. The van der Waals surface area contributed by atoms with Gasteiger partial charge in [-0.1, -0.05) is 11.6 Å². The predicted molar refractivity (Wildman–Crippen MR) is 106 cm³/mol. The average molecular weight is 403 g/mol. The minimum absolute atomic E-state index is 0.151. The summed E-state index contributed by atoms with van der Waals surface area (Å²) in [6, 6.07) is 8.78. The zero-order valence-corrected chi connectivity index (χ0v) is 16.4. The molecule has 3 rings (SSSR count). The fourth-order valence-electron chi connectivity index (χ4n) is 2.95. The third-order valence-electron chi connectivity index (χ3n) is 4.43. The van der Waals surface area contributed by atoms with Gasteiger partial charge < -0.3 is 14.8 Å². The Balaban J connectivity index is 1.92. The van der Waals surface area contributed by atoms with Gasteiger partial charge in [0.2, 0.25) is 5.91 Å². The Morgan fingerprint density at radius 2 is 2.00 bits per heavy atom. The van der Waals surface area contributed by atoms with Crippen molar-refractivity contribution in [2.75, 3.05) is 23.9 Å². The van der Waals surface area contributed by atoms with Crippen LogP contribution < -0.4 is 19.7 Å². The number of ketones is 1. The van der Waals surface area contributed by atoms with Crippen molar-refractivity contribution in [2.45, 2.75) is 19.9 Å². The van der Waals surface area contributed by atoms with E-state index in [0.717, 1.165) is 0 Å². The molecule has 8 heteroatoms. The van der Waals surface area contributed by atoms with E-state index in [1.54, 1.807) is 43.3 Å². The van der Waals surface area contributed by atoms with E-state index in [9.17, 15) is 14.4 Å². The molecular weight excluding hydrogens is 384 g/mol. The molecule has 1 aliphatic rings. The van der Waals surface area contributed by atoms with Gasteiger partial charge in [0.25, 0.3) is 5.91 Å². The van der Waals surface area contributed by atoms with Crippen molar-refractivity contribution in [3.63, 3.8) is 0 Å².